The summed E-state index contributed by atoms with van der Waals surface area (Å²) in [6, 6.07) is 20.0. The SMILES string of the molecule is C[S+](C)CCC(O)(c1ccccc1)c1ccccc1. The second-order valence-electron chi connectivity index (χ2n) is 5.03. The molecule has 0 aliphatic heterocycles. The van der Waals surface area contributed by atoms with E-state index in [2.05, 4.69) is 12.5 Å². The summed E-state index contributed by atoms with van der Waals surface area (Å²) in [5.41, 5.74) is 1.08. The fraction of sp³-hybridized carbons (Fsp3) is 0.294. The third-order valence-corrected chi connectivity index (χ3v) is 4.40. The van der Waals surface area contributed by atoms with E-state index in [1.807, 2.05) is 60.7 Å². The van der Waals surface area contributed by atoms with Gasteiger partial charge >= 0.3 is 0 Å². The molecule has 0 heterocycles. The summed E-state index contributed by atoms with van der Waals surface area (Å²) in [6.45, 7) is 0. The Kier molecular flexibility index (Phi) is 4.67. The molecule has 0 aliphatic rings. The minimum atomic E-state index is -0.875. The Morgan fingerprint density at radius 1 is 0.842 bits per heavy atom. The van der Waals surface area contributed by atoms with Crippen molar-refractivity contribution in [1.82, 2.24) is 0 Å². The van der Waals surface area contributed by atoms with Gasteiger partial charge in [-0.3, -0.25) is 0 Å². The van der Waals surface area contributed by atoms with Crippen LogP contribution < -0.4 is 0 Å². The molecule has 19 heavy (non-hydrogen) atoms. The van der Waals surface area contributed by atoms with Gasteiger partial charge in [0.05, 0.1) is 12.5 Å². The zero-order valence-electron chi connectivity index (χ0n) is 11.5. The highest BCUT2D eigenvalue weighted by molar-refractivity contribution is 7.95. The van der Waals surface area contributed by atoms with Crippen molar-refractivity contribution in [2.75, 3.05) is 18.3 Å². The Hall–Kier alpha value is -1.25. The van der Waals surface area contributed by atoms with E-state index < -0.39 is 5.60 Å². The van der Waals surface area contributed by atoms with Crippen LogP contribution in [0.5, 0.6) is 0 Å². The molecule has 0 fully saturated rings. The van der Waals surface area contributed by atoms with Crippen molar-refractivity contribution in [1.29, 1.82) is 0 Å². The lowest BCUT2D eigenvalue weighted by Crippen LogP contribution is -2.29. The fourth-order valence-electron chi connectivity index (χ4n) is 2.23. The summed E-state index contributed by atoms with van der Waals surface area (Å²) < 4.78 is 0. The average molecular weight is 273 g/mol. The molecule has 1 N–H and O–H groups in total. The molecule has 2 aromatic rings. The molecule has 0 amide bonds. The third-order valence-electron chi connectivity index (χ3n) is 3.37. The van der Waals surface area contributed by atoms with Gasteiger partial charge in [-0.25, -0.2) is 0 Å². The van der Waals surface area contributed by atoms with Crippen molar-refractivity contribution in [2.45, 2.75) is 12.0 Å². The second kappa shape index (κ2) is 6.27. The maximum atomic E-state index is 11.2. The zero-order valence-corrected chi connectivity index (χ0v) is 12.4. The van der Waals surface area contributed by atoms with E-state index in [1.54, 1.807) is 0 Å². The summed E-state index contributed by atoms with van der Waals surface area (Å²) in [4.78, 5) is 0. The minimum Gasteiger partial charge on any atom is -0.380 e. The van der Waals surface area contributed by atoms with Crippen molar-refractivity contribution < 1.29 is 5.11 Å². The molecule has 0 spiro atoms. The van der Waals surface area contributed by atoms with Crippen LogP contribution >= 0.6 is 0 Å². The van der Waals surface area contributed by atoms with Gasteiger partial charge < -0.3 is 5.11 Å². The monoisotopic (exact) mass is 273 g/mol. The molecule has 1 nitrogen and oxygen atoms in total. The average Bonchev–Trinajstić information content (AvgIpc) is 2.46. The van der Waals surface area contributed by atoms with Crippen LogP contribution in [-0.2, 0) is 16.5 Å². The summed E-state index contributed by atoms with van der Waals surface area (Å²) in [6.07, 6.45) is 5.20. The first-order valence-corrected chi connectivity index (χ1v) is 8.71. The first-order chi connectivity index (χ1) is 9.13. The fourth-order valence-corrected chi connectivity index (χ4v) is 2.94. The molecule has 0 saturated carbocycles. The van der Waals surface area contributed by atoms with Crippen LogP contribution in [0, 0.1) is 0 Å². The van der Waals surface area contributed by atoms with E-state index in [-0.39, 0.29) is 0 Å². The minimum absolute atomic E-state index is 0.330. The molecule has 2 aromatic carbocycles. The molecule has 0 bridgehead atoms. The first-order valence-electron chi connectivity index (χ1n) is 6.50. The van der Waals surface area contributed by atoms with Gasteiger partial charge in [-0.05, 0) is 22.0 Å². The lowest BCUT2D eigenvalue weighted by atomic mass is 9.84. The highest BCUT2D eigenvalue weighted by Crippen LogP contribution is 2.33. The van der Waals surface area contributed by atoms with Gasteiger partial charge in [0.25, 0.3) is 0 Å². The van der Waals surface area contributed by atoms with Crippen LogP contribution in [-0.4, -0.2) is 23.4 Å². The number of rotatable bonds is 5. The first kappa shape index (κ1) is 14.2. The predicted octanol–water partition coefficient (Wildman–Crippen LogP) is 3.19. The van der Waals surface area contributed by atoms with E-state index in [4.69, 9.17) is 0 Å². The zero-order chi connectivity index (χ0) is 13.7. The van der Waals surface area contributed by atoms with Crippen molar-refractivity contribution in [3.05, 3.63) is 71.8 Å². The van der Waals surface area contributed by atoms with E-state index in [9.17, 15) is 5.11 Å². The van der Waals surface area contributed by atoms with Crippen LogP contribution in [0.15, 0.2) is 60.7 Å². The Morgan fingerprint density at radius 3 is 1.63 bits per heavy atom. The molecule has 0 radical (unpaired) electrons. The maximum Gasteiger partial charge on any atom is 0.119 e. The summed E-state index contributed by atoms with van der Waals surface area (Å²) in [5.74, 6) is 1.03. The van der Waals surface area contributed by atoms with Crippen LogP contribution in [0.25, 0.3) is 0 Å². The van der Waals surface area contributed by atoms with Crippen LogP contribution in [0.2, 0.25) is 0 Å². The molecule has 2 heteroatoms. The summed E-state index contributed by atoms with van der Waals surface area (Å²) in [7, 11) is 0.330. The second-order valence-corrected chi connectivity index (χ2v) is 7.41. The number of aliphatic hydroxyl groups is 1. The molecule has 0 aliphatic carbocycles. The van der Waals surface area contributed by atoms with Crippen molar-refractivity contribution in [2.24, 2.45) is 0 Å². The Morgan fingerprint density at radius 2 is 1.26 bits per heavy atom. The van der Waals surface area contributed by atoms with Gasteiger partial charge in [-0.15, -0.1) is 0 Å². The highest BCUT2D eigenvalue weighted by atomic mass is 32.2. The predicted molar refractivity (Wildman–Crippen MR) is 84.6 cm³/mol. The molecular weight excluding hydrogens is 252 g/mol. The van der Waals surface area contributed by atoms with Gasteiger partial charge in [0.15, 0.2) is 0 Å². The Bertz CT molecular complexity index is 454. The molecule has 0 unspecified atom stereocenters. The Labute approximate surface area is 118 Å². The Balaban J connectivity index is 2.39. The molecule has 100 valence electrons. The van der Waals surface area contributed by atoms with E-state index in [0.29, 0.717) is 10.9 Å². The van der Waals surface area contributed by atoms with Crippen LogP contribution in [0.4, 0.5) is 0 Å². The van der Waals surface area contributed by atoms with E-state index in [0.717, 1.165) is 23.3 Å². The van der Waals surface area contributed by atoms with Gasteiger partial charge in [0.1, 0.15) is 11.4 Å². The third kappa shape index (κ3) is 3.40. The molecule has 2 rings (SSSR count). The van der Waals surface area contributed by atoms with Crippen molar-refractivity contribution in [3.8, 4) is 0 Å². The molecule has 0 atom stereocenters. The quantitative estimate of drug-likeness (QED) is 0.830. The van der Waals surface area contributed by atoms with Crippen LogP contribution in [0.3, 0.4) is 0 Å². The summed E-state index contributed by atoms with van der Waals surface area (Å²) >= 11 is 0. The largest absolute Gasteiger partial charge is 0.380 e. The lowest BCUT2D eigenvalue weighted by Gasteiger charge is -2.28. The standard InChI is InChI=1S/C17H21OS/c1-19(2)14-13-17(18,15-9-5-3-6-10-15)16-11-7-4-8-12-16/h3-12,18H,13-14H2,1-2H3/q+1. The van der Waals surface area contributed by atoms with Crippen molar-refractivity contribution in [3.63, 3.8) is 0 Å². The normalized spacial score (nSPS) is 11.8. The van der Waals surface area contributed by atoms with E-state index >= 15 is 0 Å². The van der Waals surface area contributed by atoms with Gasteiger partial charge in [0.2, 0.25) is 0 Å². The smallest absolute Gasteiger partial charge is 0.119 e. The number of hydrogen-bond donors (Lipinski definition) is 1. The van der Waals surface area contributed by atoms with Gasteiger partial charge in [-0.2, -0.15) is 0 Å². The van der Waals surface area contributed by atoms with Gasteiger partial charge in [0, 0.05) is 6.42 Å². The highest BCUT2D eigenvalue weighted by Gasteiger charge is 2.32. The molecule has 0 aromatic heterocycles. The van der Waals surface area contributed by atoms with Crippen molar-refractivity contribution >= 4 is 10.9 Å². The molecular formula is C17H21OS+. The topological polar surface area (TPSA) is 20.2 Å². The van der Waals surface area contributed by atoms with E-state index in [1.165, 1.54) is 0 Å². The maximum absolute atomic E-state index is 11.2. The number of benzene rings is 2. The lowest BCUT2D eigenvalue weighted by molar-refractivity contribution is 0.0777. The van der Waals surface area contributed by atoms with Crippen LogP contribution in [0.1, 0.15) is 17.5 Å². The molecule has 0 saturated heterocycles. The van der Waals surface area contributed by atoms with Gasteiger partial charge in [-0.1, -0.05) is 60.7 Å². The summed E-state index contributed by atoms with van der Waals surface area (Å²) in [5, 5.41) is 11.2. The number of hydrogen-bond acceptors (Lipinski definition) is 1.